The molecule has 0 saturated carbocycles. The Hall–Kier alpha value is -2.45. The van der Waals surface area contributed by atoms with E-state index in [1.807, 2.05) is 6.07 Å². The topological polar surface area (TPSA) is 62.7 Å². The summed E-state index contributed by atoms with van der Waals surface area (Å²) >= 11 is 0. The smallest absolute Gasteiger partial charge is 0.343 e. The summed E-state index contributed by atoms with van der Waals surface area (Å²) in [7, 11) is 0. The minimum atomic E-state index is -0.397. The number of nitrogens with zero attached hydrogens (tertiary/aromatic N) is 2. The van der Waals surface area contributed by atoms with Gasteiger partial charge in [-0.15, -0.1) is 0 Å². The molecule has 0 N–H and O–H groups in total. The van der Waals surface area contributed by atoms with Gasteiger partial charge in [-0.05, 0) is 24.3 Å². The summed E-state index contributed by atoms with van der Waals surface area (Å²) in [5.41, 5.74) is 9.57. The predicted octanol–water partition coefficient (Wildman–Crippen LogP) is 2.36. The summed E-state index contributed by atoms with van der Waals surface area (Å²) in [5, 5.41) is 0. The van der Waals surface area contributed by atoms with Crippen LogP contribution in [0.15, 0.2) is 54.3 Å². The molecule has 4 heteroatoms. The number of benzene rings is 1. The zero-order chi connectivity index (χ0) is 12.1. The summed E-state index contributed by atoms with van der Waals surface area (Å²) < 4.78 is 5.17. The van der Waals surface area contributed by atoms with Gasteiger partial charge in [0, 0.05) is 6.08 Å². The van der Waals surface area contributed by atoms with Crippen LogP contribution in [0.5, 0.6) is 0 Å². The molecule has 0 spiro atoms. The fourth-order valence-electron chi connectivity index (χ4n) is 1.41. The highest BCUT2D eigenvalue weighted by molar-refractivity contribution is 5.94. The molecule has 0 atom stereocenters. The average Bonchev–Trinajstić information content (AvgIpc) is 2.40. The minimum absolute atomic E-state index is 0.397. The van der Waals surface area contributed by atoms with E-state index in [2.05, 4.69) is 4.79 Å². The van der Waals surface area contributed by atoms with Crippen molar-refractivity contribution in [3.63, 3.8) is 0 Å². The van der Waals surface area contributed by atoms with Gasteiger partial charge in [-0.2, -0.15) is 4.79 Å². The Labute approximate surface area is 98.5 Å². The van der Waals surface area contributed by atoms with Crippen molar-refractivity contribution in [3.05, 3.63) is 65.4 Å². The predicted molar refractivity (Wildman–Crippen MR) is 62.3 cm³/mol. The quantitative estimate of drug-likeness (QED) is 0.441. The number of esters is 1. The normalized spacial score (nSPS) is 13.9. The van der Waals surface area contributed by atoms with Gasteiger partial charge in [-0.1, -0.05) is 18.2 Å². The van der Waals surface area contributed by atoms with Gasteiger partial charge in [0.1, 0.15) is 5.76 Å². The third-order valence-electron chi connectivity index (χ3n) is 2.30. The van der Waals surface area contributed by atoms with Crippen molar-refractivity contribution in [1.82, 2.24) is 0 Å². The molecule has 0 heterocycles. The van der Waals surface area contributed by atoms with Gasteiger partial charge in [0.05, 0.1) is 12.0 Å². The molecule has 0 saturated heterocycles. The second kappa shape index (κ2) is 5.05. The molecule has 1 aromatic rings. The highest BCUT2D eigenvalue weighted by Gasteiger charge is 2.13. The van der Waals surface area contributed by atoms with Crippen LogP contribution in [-0.4, -0.2) is 16.5 Å². The number of carbonyl (C=O) groups excluding carboxylic acids is 1. The molecule has 0 unspecified atom stereocenters. The van der Waals surface area contributed by atoms with Crippen LogP contribution in [0.2, 0.25) is 0 Å². The molecule has 0 fully saturated rings. The summed E-state index contributed by atoms with van der Waals surface area (Å²) in [6.45, 7) is 0. The van der Waals surface area contributed by atoms with E-state index in [-0.39, 0.29) is 0 Å². The molecule has 1 aromatic carbocycles. The van der Waals surface area contributed by atoms with E-state index in [1.165, 1.54) is 0 Å². The van der Waals surface area contributed by atoms with E-state index < -0.39 is 5.97 Å². The lowest BCUT2D eigenvalue weighted by Gasteiger charge is -2.06. The first kappa shape index (κ1) is 11.0. The van der Waals surface area contributed by atoms with Crippen LogP contribution in [0.3, 0.4) is 0 Å². The molecule has 0 amide bonds. The van der Waals surface area contributed by atoms with Gasteiger partial charge in [0.15, 0.2) is 0 Å². The van der Waals surface area contributed by atoms with Crippen LogP contribution in [0.1, 0.15) is 16.8 Å². The Balaban J connectivity index is 2.04. The molecule has 17 heavy (non-hydrogen) atoms. The molecule has 0 bridgehead atoms. The first-order valence-corrected chi connectivity index (χ1v) is 5.16. The van der Waals surface area contributed by atoms with Crippen LogP contribution in [0.4, 0.5) is 0 Å². The van der Waals surface area contributed by atoms with Crippen LogP contribution in [0, 0.1) is 0 Å². The molecule has 0 radical (unpaired) electrons. The molecular weight excluding hydrogens is 216 g/mol. The fourth-order valence-corrected chi connectivity index (χ4v) is 1.41. The van der Waals surface area contributed by atoms with E-state index in [9.17, 15) is 4.79 Å². The van der Waals surface area contributed by atoms with Crippen molar-refractivity contribution in [2.45, 2.75) is 6.42 Å². The lowest BCUT2D eigenvalue weighted by Crippen LogP contribution is -2.07. The van der Waals surface area contributed by atoms with Crippen LogP contribution in [-0.2, 0) is 4.74 Å². The molecular formula is C13H10N2O2. The Kier molecular flexibility index (Phi) is 3.28. The van der Waals surface area contributed by atoms with E-state index in [0.29, 0.717) is 23.5 Å². The van der Waals surface area contributed by atoms with E-state index in [0.717, 1.165) is 0 Å². The Morgan fingerprint density at radius 2 is 2.00 bits per heavy atom. The monoisotopic (exact) mass is 226 g/mol. The van der Waals surface area contributed by atoms with Gasteiger partial charge >= 0.3 is 5.97 Å². The Morgan fingerprint density at radius 3 is 2.59 bits per heavy atom. The van der Waals surface area contributed by atoms with Crippen LogP contribution in [0.25, 0.3) is 5.53 Å². The van der Waals surface area contributed by atoms with Crippen LogP contribution >= 0.6 is 0 Å². The largest absolute Gasteiger partial charge is 0.423 e. The summed E-state index contributed by atoms with van der Waals surface area (Å²) in [6, 6.07) is 8.77. The fraction of sp³-hybridized carbons (Fsp3) is 0.0769. The maximum absolute atomic E-state index is 11.7. The minimum Gasteiger partial charge on any atom is -0.423 e. The Bertz CT molecular complexity index is 538. The lowest BCUT2D eigenvalue weighted by atomic mass is 10.1. The van der Waals surface area contributed by atoms with Crippen molar-refractivity contribution in [2.75, 3.05) is 0 Å². The second-order valence-corrected chi connectivity index (χ2v) is 3.49. The summed E-state index contributed by atoms with van der Waals surface area (Å²) in [4.78, 5) is 14.8. The highest BCUT2D eigenvalue weighted by Crippen LogP contribution is 2.11. The second-order valence-electron chi connectivity index (χ2n) is 3.49. The lowest BCUT2D eigenvalue weighted by molar-refractivity contribution is -0.00559. The molecule has 2 rings (SSSR count). The average molecular weight is 226 g/mol. The van der Waals surface area contributed by atoms with Gasteiger partial charge in [0.25, 0.3) is 5.71 Å². The Morgan fingerprint density at radius 1 is 1.24 bits per heavy atom. The van der Waals surface area contributed by atoms with Gasteiger partial charge in [-0.3, -0.25) is 0 Å². The number of ether oxygens (including phenoxy) is 1. The molecule has 1 aliphatic carbocycles. The summed E-state index contributed by atoms with van der Waals surface area (Å²) in [6.07, 6.45) is 5.34. The molecule has 0 aliphatic heterocycles. The van der Waals surface area contributed by atoms with Gasteiger partial charge in [0.2, 0.25) is 0 Å². The van der Waals surface area contributed by atoms with Crippen molar-refractivity contribution in [1.29, 1.82) is 0 Å². The van der Waals surface area contributed by atoms with Crippen molar-refractivity contribution >= 4 is 11.7 Å². The van der Waals surface area contributed by atoms with Crippen LogP contribution < -0.4 is 0 Å². The molecule has 1 aliphatic rings. The highest BCUT2D eigenvalue weighted by atomic mass is 16.5. The number of carbonyl (C=O) groups is 1. The van der Waals surface area contributed by atoms with Crippen molar-refractivity contribution in [3.8, 4) is 0 Å². The zero-order valence-corrected chi connectivity index (χ0v) is 9.04. The van der Waals surface area contributed by atoms with E-state index in [1.54, 1.807) is 42.5 Å². The molecule has 0 aromatic heterocycles. The third-order valence-corrected chi connectivity index (χ3v) is 2.30. The third kappa shape index (κ3) is 2.77. The van der Waals surface area contributed by atoms with E-state index >= 15 is 0 Å². The number of hydrogen-bond acceptors (Lipinski definition) is 2. The number of allylic oxidation sites excluding steroid dienone is 3. The van der Waals surface area contributed by atoms with Gasteiger partial charge < -0.3 is 10.3 Å². The maximum Gasteiger partial charge on any atom is 0.343 e. The maximum atomic E-state index is 11.7. The SMILES string of the molecule is [N-]=[N+]=C1C=CC(OC(=O)c2ccccc2)=CC1. The number of hydrogen-bond donors (Lipinski definition) is 0. The zero-order valence-electron chi connectivity index (χ0n) is 9.04. The van der Waals surface area contributed by atoms with E-state index in [4.69, 9.17) is 10.3 Å². The van der Waals surface area contributed by atoms with Gasteiger partial charge in [-0.25, -0.2) is 4.79 Å². The molecule has 84 valence electrons. The van der Waals surface area contributed by atoms with Crippen molar-refractivity contribution < 1.29 is 14.3 Å². The summed E-state index contributed by atoms with van der Waals surface area (Å²) in [5.74, 6) is 0.0668. The molecule has 4 nitrogen and oxygen atoms in total. The first-order chi connectivity index (χ1) is 8.29. The number of rotatable bonds is 2. The first-order valence-electron chi connectivity index (χ1n) is 5.16. The standard InChI is InChI=1S/C13H10N2O2/c14-15-11-6-8-12(9-7-11)17-13(16)10-4-2-1-3-5-10/h1-6,8-9H,7H2. The van der Waals surface area contributed by atoms with Crippen molar-refractivity contribution in [2.24, 2.45) is 0 Å².